The van der Waals surface area contributed by atoms with Crippen LogP contribution in [-0.2, 0) is 0 Å². The van der Waals surface area contributed by atoms with Gasteiger partial charge in [-0.3, -0.25) is 4.79 Å². The predicted molar refractivity (Wildman–Crippen MR) is 115 cm³/mol. The van der Waals surface area contributed by atoms with Gasteiger partial charge in [0.2, 0.25) is 0 Å². The summed E-state index contributed by atoms with van der Waals surface area (Å²) >= 11 is 0. The SMILES string of the molecule is COc1ccc(/C=C\c2c(C(=O)O)nn(-c3ccc(C)cc3)c(=O)c2C#N)cc1OC. The molecule has 8 nitrogen and oxygen atoms in total. The van der Waals surface area contributed by atoms with Crippen LogP contribution in [0.4, 0.5) is 0 Å². The quantitative estimate of drug-likeness (QED) is 0.654. The topological polar surface area (TPSA) is 114 Å². The summed E-state index contributed by atoms with van der Waals surface area (Å²) in [6.07, 6.45) is 2.96. The molecule has 0 unspecified atom stereocenters. The van der Waals surface area contributed by atoms with Gasteiger partial charge in [-0.1, -0.05) is 35.9 Å². The average Bonchev–Trinajstić information content (AvgIpc) is 2.77. The van der Waals surface area contributed by atoms with E-state index in [0.29, 0.717) is 22.7 Å². The Hall–Kier alpha value is -4.38. The lowest BCUT2D eigenvalue weighted by Gasteiger charge is -2.10. The number of carboxylic acid groups (broad SMARTS) is 1. The zero-order chi connectivity index (χ0) is 22.5. The number of carboxylic acids is 1. The van der Waals surface area contributed by atoms with Crippen LogP contribution >= 0.6 is 0 Å². The number of ether oxygens (including phenoxy) is 2. The Balaban J connectivity index is 2.16. The largest absolute Gasteiger partial charge is 0.493 e. The molecule has 0 atom stereocenters. The molecule has 3 aromatic rings. The molecule has 0 bridgehead atoms. The lowest BCUT2D eigenvalue weighted by atomic mass is 10.1. The highest BCUT2D eigenvalue weighted by Crippen LogP contribution is 2.28. The second kappa shape index (κ2) is 8.97. The molecule has 0 aliphatic rings. The third-order valence-corrected chi connectivity index (χ3v) is 4.57. The number of benzene rings is 2. The van der Waals surface area contributed by atoms with Crippen molar-refractivity contribution in [3.8, 4) is 23.3 Å². The summed E-state index contributed by atoms with van der Waals surface area (Å²) < 4.78 is 11.4. The number of aryl methyl sites for hydroxylation is 1. The first kappa shape index (κ1) is 21.3. The van der Waals surface area contributed by atoms with Gasteiger partial charge in [0.05, 0.1) is 19.9 Å². The molecule has 31 heavy (non-hydrogen) atoms. The molecule has 2 aromatic carbocycles. The number of nitrogens with zero attached hydrogens (tertiary/aromatic N) is 3. The van der Waals surface area contributed by atoms with Crippen LogP contribution < -0.4 is 15.0 Å². The summed E-state index contributed by atoms with van der Waals surface area (Å²) in [5.74, 6) is -0.341. The van der Waals surface area contributed by atoms with E-state index in [4.69, 9.17) is 9.47 Å². The molecule has 0 saturated carbocycles. The minimum Gasteiger partial charge on any atom is -0.493 e. The third-order valence-electron chi connectivity index (χ3n) is 4.57. The molecule has 1 N–H and O–H groups in total. The molecule has 1 heterocycles. The molecule has 3 rings (SSSR count). The maximum atomic E-state index is 12.9. The fraction of sp³-hybridized carbons (Fsp3) is 0.130. The summed E-state index contributed by atoms with van der Waals surface area (Å²) in [5.41, 5.74) is 0.482. The second-order valence-electron chi connectivity index (χ2n) is 6.55. The van der Waals surface area contributed by atoms with Gasteiger partial charge in [-0.2, -0.15) is 15.0 Å². The zero-order valence-corrected chi connectivity index (χ0v) is 17.1. The van der Waals surface area contributed by atoms with Crippen LogP contribution in [0.1, 0.15) is 32.7 Å². The van der Waals surface area contributed by atoms with Crippen molar-refractivity contribution < 1.29 is 19.4 Å². The normalized spacial score (nSPS) is 10.6. The minimum absolute atomic E-state index is 0.0712. The fourth-order valence-corrected chi connectivity index (χ4v) is 2.96. The van der Waals surface area contributed by atoms with Crippen molar-refractivity contribution in [1.29, 1.82) is 5.26 Å². The van der Waals surface area contributed by atoms with E-state index in [2.05, 4.69) is 5.10 Å². The molecule has 0 spiro atoms. The number of nitriles is 1. The molecule has 1 aromatic heterocycles. The van der Waals surface area contributed by atoms with Gasteiger partial charge in [-0.25, -0.2) is 4.79 Å². The second-order valence-corrected chi connectivity index (χ2v) is 6.55. The third kappa shape index (κ3) is 4.31. The highest BCUT2D eigenvalue weighted by molar-refractivity contribution is 5.92. The molecule has 8 heteroatoms. The van der Waals surface area contributed by atoms with Crippen molar-refractivity contribution in [3.05, 3.63) is 80.8 Å². The van der Waals surface area contributed by atoms with Crippen molar-refractivity contribution in [1.82, 2.24) is 9.78 Å². The van der Waals surface area contributed by atoms with Crippen LogP contribution in [0.5, 0.6) is 11.5 Å². The van der Waals surface area contributed by atoms with E-state index >= 15 is 0 Å². The highest BCUT2D eigenvalue weighted by atomic mass is 16.5. The molecule has 0 radical (unpaired) electrons. The number of aromatic carboxylic acids is 1. The Morgan fingerprint density at radius 2 is 1.77 bits per heavy atom. The number of aromatic nitrogens is 2. The number of methoxy groups -OCH3 is 2. The summed E-state index contributed by atoms with van der Waals surface area (Å²) in [5, 5.41) is 23.3. The number of hydrogen-bond donors (Lipinski definition) is 1. The molecular formula is C23H19N3O5. The Morgan fingerprint density at radius 3 is 2.35 bits per heavy atom. The summed E-state index contributed by atoms with van der Waals surface area (Å²) in [6.45, 7) is 1.88. The van der Waals surface area contributed by atoms with Crippen LogP contribution in [0.15, 0.2) is 47.3 Å². The summed E-state index contributed by atoms with van der Waals surface area (Å²) in [4.78, 5) is 24.8. The highest BCUT2D eigenvalue weighted by Gasteiger charge is 2.21. The lowest BCUT2D eigenvalue weighted by molar-refractivity contribution is 0.0688. The van der Waals surface area contributed by atoms with Gasteiger partial charge in [0.15, 0.2) is 17.2 Å². The van der Waals surface area contributed by atoms with Crippen LogP contribution in [0.3, 0.4) is 0 Å². The standard InChI is InChI=1S/C23H19N3O5/c1-14-4-8-16(9-5-14)26-22(27)18(13-24)17(21(25-26)23(28)29)10-6-15-7-11-19(30-2)20(12-15)31-3/h4-12H,1-3H3,(H,28,29)/b10-6-. The molecule has 0 saturated heterocycles. The lowest BCUT2D eigenvalue weighted by Crippen LogP contribution is -2.28. The van der Waals surface area contributed by atoms with E-state index in [-0.39, 0.29) is 11.1 Å². The van der Waals surface area contributed by atoms with Crippen molar-refractivity contribution in [2.24, 2.45) is 0 Å². The van der Waals surface area contributed by atoms with E-state index in [1.807, 2.05) is 13.0 Å². The van der Waals surface area contributed by atoms with Crippen LogP contribution in [-0.4, -0.2) is 35.1 Å². The van der Waals surface area contributed by atoms with Gasteiger partial charge in [0, 0.05) is 5.56 Å². The van der Waals surface area contributed by atoms with Crippen molar-refractivity contribution in [2.45, 2.75) is 6.92 Å². The zero-order valence-electron chi connectivity index (χ0n) is 17.1. The monoisotopic (exact) mass is 417 g/mol. The van der Waals surface area contributed by atoms with Crippen molar-refractivity contribution in [3.63, 3.8) is 0 Å². The Labute approximate surface area is 178 Å². The van der Waals surface area contributed by atoms with Gasteiger partial charge in [0.1, 0.15) is 11.6 Å². The average molecular weight is 417 g/mol. The first-order valence-corrected chi connectivity index (χ1v) is 9.17. The van der Waals surface area contributed by atoms with E-state index < -0.39 is 17.2 Å². The molecule has 0 fully saturated rings. The fourth-order valence-electron chi connectivity index (χ4n) is 2.96. The van der Waals surface area contributed by atoms with E-state index in [9.17, 15) is 20.0 Å². The maximum absolute atomic E-state index is 12.9. The number of rotatable bonds is 6. The van der Waals surface area contributed by atoms with E-state index in [0.717, 1.165) is 10.2 Å². The smallest absolute Gasteiger partial charge is 0.357 e. The van der Waals surface area contributed by atoms with Gasteiger partial charge in [0.25, 0.3) is 5.56 Å². The Morgan fingerprint density at radius 1 is 1.10 bits per heavy atom. The van der Waals surface area contributed by atoms with Gasteiger partial charge < -0.3 is 14.6 Å². The van der Waals surface area contributed by atoms with Gasteiger partial charge >= 0.3 is 5.97 Å². The molecule has 0 aliphatic carbocycles. The van der Waals surface area contributed by atoms with E-state index in [1.165, 1.54) is 20.3 Å². The van der Waals surface area contributed by atoms with Crippen LogP contribution in [0.25, 0.3) is 17.8 Å². The minimum atomic E-state index is -1.36. The number of hydrogen-bond acceptors (Lipinski definition) is 6. The van der Waals surface area contributed by atoms with Crippen LogP contribution in [0.2, 0.25) is 0 Å². The van der Waals surface area contributed by atoms with Crippen molar-refractivity contribution in [2.75, 3.05) is 14.2 Å². The Bertz CT molecular complexity index is 1270. The molecule has 156 valence electrons. The van der Waals surface area contributed by atoms with E-state index in [1.54, 1.807) is 48.5 Å². The first-order chi connectivity index (χ1) is 14.9. The summed E-state index contributed by atoms with van der Waals surface area (Å²) in [7, 11) is 3.01. The molecule has 0 amide bonds. The number of carbonyl (C=O) groups is 1. The Kier molecular flexibility index (Phi) is 6.17. The molecule has 0 aliphatic heterocycles. The van der Waals surface area contributed by atoms with Gasteiger partial charge in [-0.05, 0) is 36.8 Å². The molecular weight excluding hydrogens is 398 g/mol. The first-order valence-electron chi connectivity index (χ1n) is 9.17. The predicted octanol–water partition coefficient (Wildman–Crippen LogP) is 3.30. The van der Waals surface area contributed by atoms with Crippen molar-refractivity contribution >= 4 is 18.1 Å². The maximum Gasteiger partial charge on any atom is 0.357 e. The van der Waals surface area contributed by atoms with Gasteiger partial charge in [-0.15, -0.1) is 0 Å². The summed E-state index contributed by atoms with van der Waals surface area (Å²) in [6, 6.07) is 13.7. The van der Waals surface area contributed by atoms with Crippen LogP contribution in [0, 0.1) is 18.3 Å².